The van der Waals surface area contributed by atoms with Crippen LogP contribution in [0.25, 0.3) is 0 Å². The molecule has 0 heterocycles. The molecule has 2 N–H and O–H groups in total. The molecule has 0 amide bonds. The smallest absolute Gasteiger partial charge is 0.264 e. The SMILES string of the molecule is C=C(OC)[C@@H](NCCCS(=O)(=O)O)C(C)(C)C.CC. The van der Waals surface area contributed by atoms with E-state index in [9.17, 15) is 8.42 Å². The topological polar surface area (TPSA) is 75.6 Å². The molecule has 0 radical (unpaired) electrons. The van der Waals surface area contributed by atoms with E-state index < -0.39 is 10.1 Å². The average molecular weight is 295 g/mol. The molecule has 0 saturated heterocycles. The second-order valence-electron chi connectivity index (χ2n) is 5.06. The van der Waals surface area contributed by atoms with Gasteiger partial charge in [0.2, 0.25) is 0 Å². The molecule has 0 rings (SSSR count). The van der Waals surface area contributed by atoms with E-state index >= 15 is 0 Å². The second kappa shape index (κ2) is 9.34. The molecule has 0 aliphatic heterocycles. The molecule has 1 atom stereocenters. The predicted octanol–water partition coefficient (Wildman–Crippen LogP) is 2.45. The van der Waals surface area contributed by atoms with Crippen molar-refractivity contribution in [2.75, 3.05) is 19.4 Å². The lowest BCUT2D eigenvalue weighted by atomic mass is 9.85. The van der Waals surface area contributed by atoms with Gasteiger partial charge < -0.3 is 10.1 Å². The van der Waals surface area contributed by atoms with Crippen molar-refractivity contribution < 1.29 is 17.7 Å². The monoisotopic (exact) mass is 295 g/mol. The molecule has 5 nitrogen and oxygen atoms in total. The Labute approximate surface area is 118 Å². The van der Waals surface area contributed by atoms with Gasteiger partial charge in [-0.25, -0.2) is 0 Å². The van der Waals surface area contributed by atoms with Crippen molar-refractivity contribution in [2.45, 2.75) is 47.1 Å². The van der Waals surface area contributed by atoms with Gasteiger partial charge in [0.25, 0.3) is 10.1 Å². The first-order valence-electron chi connectivity index (χ1n) is 6.49. The largest absolute Gasteiger partial charge is 0.500 e. The summed E-state index contributed by atoms with van der Waals surface area (Å²) in [4.78, 5) is 0. The van der Waals surface area contributed by atoms with Crippen molar-refractivity contribution in [3.05, 3.63) is 12.3 Å². The first-order chi connectivity index (χ1) is 8.58. The summed E-state index contributed by atoms with van der Waals surface area (Å²) >= 11 is 0. The molecular formula is C13H29NO4S. The van der Waals surface area contributed by atoms with Crippen LogP contribution in [0.1, 0.15) is 41.0 Å². The maximum Gasteiger partial charge on any atom is 0.264 e. The van der Waals surface area contributed by atoms with Crippen molar-refractivity contribution in [3.63, 3.8) is 0 Å². The number of nitrogens with one attached hydrogen (secondary N) is 1. The Hall–Kier alpha value is -0.590. The fourth-order valence-corrected chi connectivity index (χ4v) is 2.03. The molecule has 0 aliphatic rings. The van der Waals surface area contributed by atoms with Gasteiger partial charge in [-0.05, 0) is 18.4 Å². The van der Waals surface area contributed by atoms with Crippen LogP contribution in [0.2, 0.25) is 0 Å². The summed E-state index contributed by atoms with van der Waals surface area (Å²) in [5.74, 6) is 0.375. The van der Waals surface area contributed by atoms with Gasteiger partial charge in [0.1, 0.15) is 5.76 Å². The zero-order valence-corrected chi connectivity index (χ0v) is 13.8. The Bertz CT molecular complexity index is 344. The minimum absolute atomic E-state index is 0.0612. The van der Waals surface area contributed by atoms with Crippen LogP contribution in [0.3, 0.4) is 0 Å². The highest BCUT2D eigenvalue weighted by Crippen LogP contribution is 2.24. The van der Waals surface area contributed by atoms with E-state index in [-0.39, 0.29) is 17.2 Å². The maximum absolute atomic E-state index is 10.5. The fraction of sp³-hybridized carbons (Fsp3) is 0.846. The maximum atomic E-state index is 10.5. The van der Waals surface area contributed by atoms with Crippen LogP contribution in [0.15, 0.2) is 12.3 Å². The van der Waals surface area contributed by atoms with E-state index in [0.29, 0.717) is 18.7 Å². The standard InChI is InChI=1S/C11H23NO4S.C2H6/c1-9(16-5)10(11(2,3)4)12-7-6-8-17(13,14)15;1-2/h10,12H,1,6-8H2,2-5H3,(H,13,14,15);1-2H3/t10-;/m1./s1. The number of methoxy groups -OCH3 is 1. The van der Waals surface area contributed by atoms with E-state index in [0.717, 1.165) is 0 Å². The highest BCUT2D eigenvalue weighted by Gasteiger charge is 2.27. The van der Waals surface area contributed by atoms with Gasteiger partial charge in [-0.1, -0.05) is 41.2 Å². The molecule has 0 unspecified atom stereocenters. The van der Waals surface area contributed by atoms with E-state index in [1.54, 1.807) is 7.11 Å². The van der Waals surface area contributed by atoms with Crippen molar-refractivity contribution in [1.82, 2.24) is 5.32 Å². The lowest BCUT2D eigenvalue weighted by molar-refractivity contribution is 0.187. The summed E-state index contributed by atoms with van der Waals surface area (Å²) in [7, 11) is -2.32. The van der Waals surface area contributed by atoms with Crippen molar-refractivity contribution in [3.8, 4) is 0 Å². The van der Waals surface area contributed by atoms with Gasteiger partial charge in [-0.2, -0.15) is 8.42 Å². The van der Waals surface area contributed by atoms with Crippen LogP contribution in [0.4, 0.5) is 0 Å². The van der Waals surface area contributed by atoms with Crippen LogP contribution in [0, 0.1) is 5.41 Å². The van der Waals surface area contributed by atoms with Crippen LogP contribution >= 0.6 is 0 Å². The first kappa shape index (κ1) is 20.7. The Morgan fingerprint density at radius 1 is 1.37 bits per heavy atom. The number of rotatable bonds is 7. The van der Waals surface area contributed by atoms with Crippen LogP contribution in [0.5, 0.6) is 0 Å². The summed E-state index contributed by atoms with van der Waals surface area (Å²) in [5.41, 5.74) is -0.0782. The molecule has 0 aromatic rings. The zero-order valence-electron chi connectivity index (χ0n) is 13.0. The quantitative estimate of drug-likeness (QED) is 0.429. The summed E-state index contributed by atoms with van der Waals surface area (Å²) in [6.07, 6.45) is 0.350. The lowest BCUT2D eigenvalue weighted by Crippen LogP contribution is -2.42. The van der Waals surface area contributed by atoms with Gasteiger partial charge in [-0.3, -0.25) is 4.55 Å². The molecule has 0 aromatic carbocycles. The average Bonchev–Trinajstić information content (AvgIpc) is 2.27. The Morgan fingerprint density at radius 2 is 1.84 bits per heavy atom. The molecule has 0 spiro atoms. The number of hydrogen-bond donors (Lipinski definition) is 2. The summed E-state index contributed by atoms with van der Waals surface area (Å²) in [6, 6.07) is -0.0612. The van der Waals surface area contributed by atoms with E-state index in [2.05, 4.69) is 11.9 Å². The van der Waals surface area contributed by atoms with Crippen LogP contribution in [-0.2, 0) is 14.9 Å². The van der Waals surface area contributed by atoms with E-state index in [1.807, 2.05) is 34.6 Å². The third-order valence-electron chi connectivity index (χ3n) is 2.38. The third kappa shape index (κ3) is 11.0. The summed E-state index contributed by atoms with van der Waals surface area (Å²) in [5, 5.41) is 3.18. The lowest BCUT2D eigenvalue weighted by Gasteiger charge is -2.32. The minimum Gasteiger partial charge on any atom is -0.500 e. The third-order valence-corrected chi connectivity index (χ3v) is 3.18. The molecule has 6 heteroatoms. The Morgan fingerprint density at radius 3 is 2.16 bits per heavy atom. The fourth-order valence-electron chi connectivity index (χ4n) is 1.52. The first-order valence-corrected chi connectivity index (χ1v) is 8.10. The minimum atomic E-state index is -3.88. The molecule has 116 valence electrons. The number of ether oxygens (including phenoxy) is 1. The van der Waals surface area contributed by atoms with E-state index in [4.69, 9.17) is 9.29 Å². The normalized spacial score (nSPS) is 13.2. The molecule has 0 fully saturated rings. The van der Waals surface area contributed by atoms with Crippen LogP contribution < -0.4 is 5.32 Å². The molecule has 0 bridgehead atoms. The highest BCUT2D eigenvalue weighted by atomic mass is 32.2. The van der Waals surface area contributed by atoms with Crippen molar-refractivity contribution >= 4 is 10.1 Å². The van der Waals surface area contributed by atoms with Gasteiger partial charge >= 0.3 is 0 Å². The molecule has 19 heavy (non-hydrogen) atoms. The van der Waals surface area contributed by atoms with Crippen molar-refractivity contribution in [2.24, 2.45) is 5.41 Å². The summed E-state index contributed by atoms with van der Waals surface area (Å²) < 4.78 is 34.8. The van der Waals surface area contributed by atoms with Gasteiger partial charge in [-0.15, -0.1) is 0 Å². The van der Waals surface area contributed by atoms with Crippen LogP contribution in [-0.4, -0.2) is 38.4 Å². The molecule has 0 saturated carbocycles. The molecular weight excluding hydrogens is 266 g/mol. The molecule has 0 aromatic heterocycles. The van der Waals surface area contributed by atoms with Gasteiger partial charge in [0.05, 0.1) is 18.9 Å². The highest BCUT2D eigenvalue weighted by molar-refractivity contribution is 7.85. The Kier molecular flexibility index (Phi) is 10.2. The summed E-state index contributed by atoms with van der Waals surface area (Å²) in [6.45, 7) is 14.4. The van der Waals surface area contributed by atoms with Gasteiger partial charge in [0, 0.05) is 0 Å². The second-order valence-corrected chi connectivity index (χ2v) is 6.64. The number of hydrogen-bond acceptors (Lipinski definition) is 4. The Balaban J connectivity index is 0. The zero-order chi connectivity index (χ0) is 15.7. The van der Waals surface area contributed by atoms with Gasteiger partial charge in [0.15, 0.2) is 0 Å². The van der Waals surface area contributed by atoms with E-state index in [1.165, 1.54) is 0 Å². The molecule has 0 aliphatic carbocycles. The van der Waals surface area contributed by atoms with Crippen molar-refractivity contribution in [1.29, 1.82) is 0 Å². The predicted molar refractivity (Wildman–Crippen MR) is 79.8 cm³/mol.